The van der Waals surface area contributed by atoms with Crippen LogP contribution >= 0.6 is 0 Å². The largest absolute Gasteiger partial charge is 0.497 e. The van der Waals surface area contributed by atoms with Gasteiger partial charge in [0.15, 0.2) is 0 Å². The first kappa shape index (κ1) is 21.5. The SMILES string of the molecule is COc1cc(OC)cc(C(=O)NC[C@H]2CCN(CCC(C)(C)C)C[C@H]2F)c1. The number of piperidine rings is 1. The van der Waals surface area contributed by atoms with Crippen molar-refractivity contribution in [3.63, 3.8) is 0 Å². The summed E-state index contributed by atoms with van der Waals surface area (Å²) in [7, 11) is 3.08. The summed E-state index contributed by atoms with van der Waals surface area (Å²) in [5.74, 6) is 0.715. The second kappa shape index (κ2) is 9.40. The number of nitrogens with zero attached hydrogens (tertiary/aromatic N) is 1. The van der Waals surface area contributed by atoms with Gasteiger partial charge >= 0.3 is 0 Å². The lowest BCUT2D eigenvalue weighted by atomic mass is 9.90. The fourth-order valence-electron chi connectivity index (χ4n) is 3.21. The molecule has 1 N–H and O–H groups in total. The molecule has 1 aromatic rings. The molecule has 0 aromatic heterocycles. The molecule has 1 aliphatic heterocycles. The molecule has 2 rings (SSSR count). The number of ether oxygens (including phenoxy) is 2. The minimum absolute atomic E-state index is 0.146. The number of carbonyl (C=O) groups is 1. The summed E-state index contributed by atoms with van der Waals surface area (Å²) in [6.45, 7) is 9.20. The number of benzene rings is 1. The highest BCUT2D eigenvalue weighted by molar-refractivity contribution is 5.95. The number of halogens is 1. The van der Waals surface area contributed by atoms with Gasteiger partial charge in [-0.2, -0.15) is 0 Å². The monoisotopic (exact) mass is 380 g/mol. The molecule has 0 bridgehead atoms. The first-order valence-corrected chi connectivity index (χ1v) is 9.59. The zero-order valence-corrected chi connectivity index (χ0v) is 17.2. The summed E-state index contributed by atoms with van der Waals surface area (Å²) in [5.41, 5.74) is 0.707. The molecule has 1 saturated heterocycles. The third-order valence-electron chi connectivity index (χ3n) is 5.08. The topological polar surface area (TPSA) is 50.8 Å². The Morgan fingerprint density at radius 1 is 1.22 bits per heavy atom. The van der Waals surface area contributed by atoms with Crippen molar-refractivity contribution in [2.45, 2.75) is 39.8 Å². The van der Waals surface area contributed by atoms with Crippen molar-refractivity contribution in [2.24, 2.45) is 11.3 Å². The van der Waals surface area contributed by atoms with Crippen LogP contribution in [0.2, 0.25) is 0 Å². The molecule has 152 valence electrons. The van der Waals surface area contributed by atoms with Crippen LogP contribution in [-0.4, -0.2) is 57.4 Å². The third kappa shape index (κ3) is 6.69. The van der Waals surface area contributed by atoms with Crippen LogP contribution in [-0.2, 0) is 0 Å². The second-order valence-electron chi connectivity index (χ2n) is 8.49. The maximum Gasteiger partial charge on any atom is 0.251 e. The fraction of sp³-hybridized carbons (Fsp3) is 0.667. The highest BCUT2D eigenvalue weighted by Gasteiger charge is 2.30. The zero-order valence-electron chi connectivity index (χ0n) is 17.2. The smallest absolute Gasteiger partial charge is 0.251 e. The maximum atomic E-state index is 14.6. The lowest BCUT2D eigenvalue weighted by Crippen LogP contribution is -2.46. The van der Waals surface area contributed by atoms with E-state index in [-0.39, 0.29) is 17.2 Å². The van der Waals surface area contributed by atoms with Gasteiger partial charge in [0.1, 0.15) is 17.7 Å². The Bertz CT molecular complexity index is 608. The van der Waals surface area contributed by atoms with Crippen LogP contribution in [0.15, 0.2) is 18.2 Å². The van der Waals surface area contributed by atoms with Gasteiger partial charge in [-0.1, -0.05) is 20.8 Å². The number of likely N-dealkylation sites (tertiary alicyclic amines) is 1. The van der Waals surface area contributed by atoms with Crippen molar-refractivity contribution < 1.29 is 18.7 Å². The molecular weight excluding hydrogens is 347 g/mol. The average molecular weight is 381 g/mol. The Morgan fingerprint density at radius 2 is 1.85 bits per heavy atom. The van der Waals surface area contributed by atoms with Crippen molar-refractivity contribution >= 4 is 5.91 Å². The molecule has 0 spiro atoms. The van der Waals surface area contributed by atoms with Gasteiger partial charge in [0.05, 0.1) is 14.2 Å². The van der Waals surface area contributed by atoms with E-state index < -0.39 is 6.17 Å². The molecule has 0 radical (unpaired) electrons. The van der Waals surface area contributed by atoms with Crippen LogP contribution in [0.1, 0.15) is 44.0 Å². The molecule has 0 saturated carbocycles. The summed E-state index contributed by atoms with van der Waals surface area (Å²) in [4.78, 5) is 14.6. The molecule has 1 aliphatic rings. The Kier molecular flexibility index (Phi) is 7.48. The minimum atomic E-state index is -0.918. The normalized spacial score (nSPS) is 21.0. The highest BCUT2D eigenvalue weighted by Crippen LogP contribution is 2.25. The van der Waals surface area contributed by atoms with Gasteiger partial charge in [0, 0.05) is 30.6 Å². The van der Waals surface area contributed by atoms with Crippen molar-refractivity contribution in [3.8, 4) is 11.5 Å². The van der Waals surface area contributed by atoms with E-state index in [1.165, 1.54) is 14.2 Å². The van der Waals surface area contributed by atoms with Crippen LogP contribution in [0.4, 0.5) is 4.39 Å². The second-order valence-corrected chi connectivity index (χ2v) is 8.49. The van der Waals surface area contributed by atoms with E-state index in [2.05, 4.69) is 31.0 Å². The number of amides is 1. The van der Waals surface area contributed by atoms with Gasteiger partial charge in [-0.3, -0.25) is 4.79 Å². The van der Waals surface area contributed by atoms with Gasteiger partial charge in [0.2, 0.25) is 0 Å². The van der Waals surface area contributed by atoms with Crippen LogP contribution in [0.5, 0.6) is 11.5 Å². The molecule has 0 aliphatic carbocycles. The summed E-state index contributed by atoms with van der Waals surface area (Å²) < 4.78 is 25.0. The standard InChI is InChI=1S/C21H33FN2O3/c1-21(2,3)7-9-24-8-6-15(19(22)14-24)13-23-20(25)16-10-17(26-4)12-18(11-16)27-5/h10-12,15,19H,6-9,13-14H2,1-5H3,(H,23,25)/t15-,19-/m1/s1. The molecule has 1 heterocycles. The first-order valence-electron chi connectivity index (χ1n) is 9.59. The molecule has 1 fully saturated rings. The minimum Gasteiger partial charge on any atom is -0.497 e. The van der Waals surface area contributed by atoms with E-state index in [9.17, 15) is 9.18 Å². The lowest BCUT2D eigenvalue weighted by molar-refractivity contribution is 0.0724. The number of carbonyl (C=O) groups excluding carboxylic acids is 1. The molecule has 1 aromatic carbocycles. The Morgan fingerprint density at radius 3 is 2.37 bits per heavy atom. The molecule has 2 atom stereocenters. The van der Waals surface area contributed by atoms with Gasteiger partial charge in [-0.15, -0.1) is 0 Å². The Balaban J connectivity index is 1.85. The zero-order chi connectivity index (χ0) is 20.0. The van der Waals surface area contributed by atoms with Gasteiger partial charge < -0.3 is 19.7 Å². The number of nitrogens with one attached hydrogen (secondary N) is 1. The number of methoxy groups -OCH3 is 2. The number of alkyl halides is 1. The predicted molar refractivity (Wildman–Crippen MR) is 105 cm³/mol. The van der Waals surface area contributed by atoms with Crippen LogP contribution in [0, 0.1) is 11.3 Å². The molecule has 6 heteroatoms. The summed E-state index contributed by atoms with van der Waals surface area (Å²) in [6, 6.07) is 5.02. The lowest BCUT2D eigenvalue weighted by Gasteiger charge is -2.36. The predicted octanol–water partition coefficient (Wildman–Crippen LogP) is 3.53. The van der Waals surface area contributed by atoms with Crippen molar-refractivity contribution in [1.82, 2.24) is 10.2 Å². The maximum absolute atomic E-state index is 14.6. The van der Waals surface area contributed by atoms with Gasteiger partial charge in [-0.05, 0) is 43.5 Å². The fourth-order valence-corrected chi connectivity index (χ4v) is 3.21. The van der Waals surface area contributed by atoms with Crippen molar-refractivity contribution in [3.05, 3.63) is 23.8 Å². The van der Waals surface area contributed by atoms with E-state index in [1.807, 2.05) is 0 Å². The van der Waals surface area contributed by atoms with E-state index in [4.69, 9.17) is 9.47 Å². The molecule has 0 unspecified atom stereocenters. The van der Waals surface area contributed by atoms with Gasteiger partial charge in [-0.25, -0.2) is 4.39 Å². The summed E-state index contributed by atoms with van der Waals surface area (Å²) in [6.07, 6.45) is 0.894. The van der Waals surface area contributed by atoms with Crippen LogP contribution < -0.4 is 14.8 Å². The molecular formula is C21H33FN2O3. The Hall–Kier alpha value is -1.82. The van der Waals surface area contributed by atoms with Crippen LogP contribution in [0.25, 0.3) is 0 Å². The summed E-state index contributed by atoms with van der Waals surface area (Å²) in [5, 5.41) is 2.86. The van der Waals surface area contributed by atoms with E-state index in [0.29, 0.717) is 30.2 Å². The van der Waals surface area contributed by atoms with E-state index >= 15 is 0 Å². The van der Waals surface area contributed by atoms with Crippen molar-refractivity contribution in [1.29, 1.82) is 0 Å². The van der Waals surface area contributed by atoms with Crippen LogP contribution in [0.3, 0.4) is 0 Å². The van der Waals surface area contributed by atoms with E-state index in [0.717, 1.165) is 25.9 Å². The summed E-state index contributed by atoms with van der Waals surface area (Å²) >= 11 is 0. The average Bonchev–Trinajstić information content (AvgIpc) is 2.64. The van der Waals surface area contributed by atoms with Crippen molar-refractivity contribution in [2.75, 3.05) is 40.4 Å². The quantitative estimate of drug-likeness (QED) is 0.786. The Labute approximate surface area is 162 Å². The number of rotatable bonds is 7. The van der Waals surface area contributed by atoms with Gasteiger partial charge in [0.25, 0.3) is 5.91 Å². The first-order chi connectivity index (χ1) is 12.7. The molecule has 1 amide bonds. The number of hydrogen-bond donors (Lipinski definition) is 1. The molecule has 27 heavy (non-hydrogen) atoms. The number of hydrogen-bond acceptors (Lipinski definition) is 4. The highest BCUT2D eigenvalue weighted by atomic mass is 19.1. The van der Waals surface area contributed by atoms with E-state index in [1.54, 1.807) is 18.2 Å². The third-order valence-corrected chi connectivity index (χ3v) is 5.08. The molecule has 5 nitrogen and oxygen atoms in total.